The van der Waals surface area contributed by atoms with E-state index in [2.05, 4.69) is 17.4 Å². The van der Waals surface area contributed by atoms with Crippen LogP contribution in [-0.4, -0.2) is 45.9 Å². The van der Waals surface area contributed by atoms with Crippen LogP contribution in [0.4, 0.5) is 0 Å². The molecule has 1 saturated heterocycles. The molecular weight excluding hydrogens is 352 g/mol. The van der Waals surface area contributed by atoms with Gasteiger partial charge in [-0.1, -0.05) is 42.0 Å². The smallest absolute Gasteiger partial charge is 0.244 e. The number of methoxy groups -OCH3 is 1. The van der Waals surface area contributed by atoms with Crippen molar-refractivity contribution in [1.29, 1.82) is 0 Å². The van der Waals surface area contributed by atoms with Crippen molar-refractivity contribution in [2.45, 2.75) is 13.0 Å². The summed E-state index contributed by atoms with van der Waals surface area (Å²) in [5, 5.41) is 3.17. The van der Waals surface area contributed by atoms with E-state index >= 15 is 0 Å². The van der Waals surface area contributed by atoms with Gasteiger partial charge >= 0.3 is 0 Å². The van der Waals surface area contributed by atoms with Gasteiger partial charge in [0.05, 0.1) is 20.3 Å². The van der Waals surface area contributed by atoms with Gasteiger partial charge in [0.25, 0.3) is 0 Å². The largest absolute Gasteiger partial charge is 0.496 e. The van der Waals surface area contributed by atoms with E-state index in [1.807, 2.05) is 49.4 Å². The summed E-state index contributed by atoms with van der Waals surface area (Å²) in [7, 11) is 1.64. The molecule has 1 aliphatic heterocycles. The van der Waals surface area contributed by atoms with Gasteiger partial charge in [-0.25, -0.2) is 0 Å². The van der Waals surface area contributed by atoms with Gasteiger partial charge in [-0.3, -0.25) is 4.79 Å². The van der Waals surface area contributed by atoms with Gasteiger partial charge in [-0.05, 0) is 30.7 Å². The molecule has 1 amide bonds. The van der Waals surface area contributed by atoms with Crippen LogP contribution < -0.4 is 15.0 Å². The summed E-state index contributed by atoms with van der Waals surface area (Å²) in [5.74, 6) is 0.650. The zero-order chi connectivity index (χ0) is 19.8. The van der Waals surface area contributed by atoms with Crippen LogP contribution in [0.5, 0.6) is 5.75 Å². The molecule has 0 bridgehead atoms. The Morgan fingerprint density at radius 3 is 2.68 bits per heavy atom. The van der Waals surface area contributed by atoms with Crippen LogP contribution >= 0.6 is 0 Å². The lowest BCUT2D eigenvalue weighted by atomic mass is 10.1. The fraction of sp³-hybridized carbons (Fsp3) is 0.348. The van der Waals surface area contributed by atoms with Gasteiger partial charge in [-0.2, -0.15) is 0 Å². The summed E-state index contributed by atoms with van der Waals surface area (Å²) in [6.07, 6.45) is 3.40. The topological polar surface area (TPSA) is 52.0 Å². The predicted molar refractivity (Wildman–Crippen MR) is 110 cm³/mol. The molecule has 0 aromatic heterocycles. The lowest BCUT2D eigenvalue weighted by Crippen LogP contribution is -3.14. The van der Waals surface area contributed by atoms with Crippen molar-refractivity contribution < 1.29 is 19.2 Å². The van der Waals surface area contributed by atoms with Gasteiger partial charge in [0.1, 0.15) is 31.4 Å². The monoisotopic (exact) mass is 381 g/mol. The molecule has 0 unspecified atom stereocenters. The van der Waals surface area contributed by atoms with E-state index in [1.54, 1.807) is 13.2 Å². The second-order valence-corrected chi connectivity index (χ2v) is 7.12. The first-order valence-electron chi connectivity index (χ1n) is 9.75. The van der Waals surface area contributed by atoms with Crippen molar-refractivity contribution in [3.8, 4) is 5.75 Å². The summed E-state index contributed by atoms with van der Waals surface area (Å²) in [5.41, 5.74) is 3.14. The molecule has 0 spiro atoms. The number of quaternary nitrogens is 1. The first kappa shape index (κ1) is 20.1. The van der Waals surface area contributed by atoms with Crippen molar-refractivity contribution in [3.05, 3.63) is 71.3 Å². The number of carbonyl (C=O) groups is 1. The number of benzene rings is 2. The van der Waals surface area contributed by atoms with Gasteiger partial charge in [-0.15, -0.1) is 0 Å². The van der Waals surface area contributed by atoms with Crippen molar-refractivity contribution in [2.24, 2.45) is 0 Å². The van der Waals surface area contributed by atoms with Gasteiger partial charge < -0.3 is 19.7 Å². The van der Waals surface area contributed by atoms with Crippen LogP contribution in [0.3, 0.4) is 0 Å². The minimum absolute atomic E-state index is 0.0362. The highest BCUT2D eigenvalue weighted by Crippen LogP contribution is 2.21. The van der Waals surface area contributed by atoms with Crippen LogP contribution in [0.25, 0.3) is 6.08 Å². The molecule has 3 rings (SSSR count). The normalized spacial score (nSPS) is 16.1. The number of nitrogens with one attached hydrogen (secondary N) is 2. The molecule has 2 aromatic rings. The molecule has 0 aliphatic carbocycles. The van der Waals surface area contributed by atoms with Crippen LogP contribution in [0.15, 0.2) is 54.6 Å². The second-order valence-electron chi connectivity index (χ2n) is 7.12. The highest BCUT2D eigenvalue weighted by atomic mass is 16.5. The molecule has 1 aliphatic rings. The molecule has 5 nitrogen and oxygen atoms in total. The molecule has 2 aromatic carbocycles. The van der Waals surface area contributed by atoms with Crippen molar-refractivity contribution >= 4 is 12.0 Å². The number of aryl methyl sites for hydroxylation is 1. The predicted octanol–water partition coefficient (Wildman–Crippen LogP) is 1.79. The Hall–Kier alpha value is -2.63. The third kappa shape index (κ3) is 5.68. The summed E-state index contributed by atoms with van der Waals surface area (Å²) < 4.78 is 10.8. The standard InChI is InChI=1S/C23H28N2O3/c1-18-8-10-22(27-2)20(16-18)9-11-23(26)24-21(19-6-4-3-5-7-19)17-25-12-14-28-15-13-25/h3-11,16,21H,12-15,17H2,1-2H3,(H,24,26)/p+1/b11-9+/t21-/m1/s1. The van der Waals surface area contributed by atoms with E-state index in [0.29, 0.717) is 0 Å². The Morgan fingerprint density at radius 2 is 1.96 bits per heavy atom. The zero-order valence-corrected chi connectivity index (χ0v) is 16.6. The van der Waals surface area contributed by atoms with E-state index < -0.39 is 0 Å². The second kappa shape index (κ2) is 10.1. The first-order valence-corrected chi connectivity index (χ1v) is 9.75. The van der Waals surface area contributed by atoms with E-state index in [9.17, 15) is 4.79 Å². The van der Waals surface area contributed by atoms with Gasteiger partial charge in [0, 0.05) is 11.6 Å². The maximum Gasteiger partial charge on any atom is 0.244 e. The van der Waals surface area contributed by atoms with Crippen LogP contribution in [0.1, 0.15) is 22.7 Å². The number of hydrogen-bond acceptors (Lipinski definition) is 3. The lowest BCUT2D eigenvalue weighted by molar-refractivity contribution is -0.909. The van der Waals surface area contributed by atoms with E-state index in [0.717, 1.165) is 55.3 Å². The number of rotatable bonds is 7. The Kier molecular flexibility index (Phi) is 7.23. The van der Waals surface area contributed by atoms with E-state index in [4.69, 9.17) is 9.47 Å². The molecule has 1 fully saturated rings. The van der Waals surface area contributed by atoms with Crippen molar-refractivity contribution in [1.82, 2.24) is 5.32 Å². The van der Waals surface area contributed by atoms with E-state index in [-0.39, 0.29) is 11.9 Å². The maximum absolute atomic E-state index is 12.7. The highest BCUT2D eigenvalue weighted by Gasteiger charge is 2.22. The maximum atomic E-state index is 12.7. The molecule has 2 N–H and O–H groups in total. The number of amides is 1. The lowest BCUT2D eigenvalue weighted by Gasteiger charge is -2.28. The van der Waals surface area contributed by atoms with Crippen molar-refractivity contribution in [2.75, 3.05) is 40.0 Å². The Bertz CT molecular complexity index is 799. The summed E-state index contributed by atoms with van der Waals surface area (Å²) >= 11 is 0. The molecule has 0 radical (unpaired) electrons. The molecule has 1 atom stereocenters. The number of ether oxygens (including phenoxy) is 2. The molecule has 28 heavy (non-hydrogen) atoms. The minimum Gasteiger partial charge on any atom is -0.496 e. The average Bonchev–Trinajstić information content (AvgIpc) is 2.73. The molecule has 0 saturated carbocycles. The average molecular weight is 381 g/mol. The number of hydrogen-bond donors (Lipinski definition) is 2. The number of morpholine rings is 1. The summed E-state index contributed by atoms with van der Waals surface area (Å²) in [6, 6.07) is 16.0. The van der Waals surface area contributed by atoms with Crippen LogP contribution in [0.2, 0.25) is 0 Å². The Balaban J connectivity index is 1.71. The quantitative estimate of drug-likeness (QED) is 0.719. The molecule has 148 valence electrons. The minimum atomic E-state index is -0.106. The SMILES string of the molecule is COc1ccc(C)cc1/C=C/C(=O)N[C@H](C[NH+]1CCOCC1)c1ccccc1. The van der Waals surface area contributed by atoms with Crippen LogP contribution in [-0.2, 0) is 9.53 Å². The van der Waals surface area contributed by atoms with Gasteiger partial charge in [0.15, 0.2) is 0 Å². The molecular formula is C23H29N2O3+. The fourth-order valence-corrected chi connectivity index (χ4v) is 3.46. The first-order chi connectivity index (χ1) is 13.7. The highest BCUT2D eigenvalue weighted by molar-refractivity contribution is 5.92. The molecule has 5 heteroatoms. The number of carbonyl (C=O) groups excluding carboxylic acids is 1. The Labute approximate surface area is 167 Å². The third-order valence-corrected chi connectivity index (χ3v) is 5.01. The van der Waals surface area contributed by atoms with Crippen LogP contribution in [0, 0.1) is 6.92 Å². The fourth-order valence-electron chi connectivity index (χ4n) is 3.46. The van der Waals surface area contributed by atoms with Gasteiger partial charge in [0.2, 0.25) is 5.91 Å². The van der Waals surface area contributed by atoms with Crippen molar-refractivity contribution in [3.63, 3.8) is 0 Å². The zero-order valence-electron chi connectivity index (χ0n) is 16.6. The summed E-state index contributed by atoms with van der Waals surface area (Å²) in [4.78, 5) is 14.1. The molecule has 1 heterocycles. The third-order valence-electron chi connectivity index (χ3n) is 5.01. The Morgan fingerprint density at radius 1 is 1.21 bits per heavy atom. The van der Waals surface area contributed by atoms with E-state index in [1.165, 1.54) is 4.90 Å². The summed E-state index contributed by atoms with van der Waals surface area (Å²) in [6.45, 7) is 6.36.